The number of nitrogens with zero attached hydrogens (tertiary/aromatic N) is 3. The van der Waals surface area contributed by atoms with Crippen LogP contribution in [0.15, 0.2) is 57.5 Å². The predicted molar refractivity (Wildman–Crippen MR) is 109 cm³/mol. The summed E-state index contributed by atoms with van der Waals surface area (Å²) >= 11 is 6.10. The molecule has 2 aromatic heterocycles. The smallest absolute Gasteiger partial charge is 0.244 e. The molecule has 3 heterocycles. The van der Waals surface area contributed by atoms with Crippen LogP contribution in [0, 0.1) is 5.82 Å². The number of halogens is 2. The molecule has 1 aliphatic rings. The van der Waals surface area contributed by atoms with Gasteiger partial charge in [-0.1, -0.05) is 41.0 Å². The summed E-state index contributed by atoms with van der Waals surface area (Å²) in [6.45, 7) is 1.02. The van der Waals surface area contributed by atoms with Crippen molar-refractivity contribution in [2.75, 3.05) is 6.54 Å². The molecular weight excluding hydrogens is 409 g/mol. The molecular formula is C22H19ClFN3O3. The Morgan fingerprint density at radius 2 is 2.07 bits per heavy atom. The summed E-state index contributed by atoms with van der Waals surface area (Å²) in [5, 5.41) is 15.7. The Morgan fingerprint density at radius 1 is 1.20 bits per heavy atom. The topological polar surface area (TPSA) is 75.5 Å². The van der Waals surface area contributed by atoms with Gasteiger partial charge in [0.1, 0.15) is 17.2 Å². The Labute approximate surface area is 176 Å². The van der Waals surface area contributed by atoms with Crippen LogP contribution in [0.3, 0.4) is 0 Å². The van der Waals surface area contributed by atoms with Crippen LogP contribution in [0.25, 0.3) is 11.0 Å². The van der Waals surface area contributed by atoms with Crippen molar-refractivity contribution in [3.8, 4) is 0 Å². The van der Waals surface area contributed by atoms with Gasteiger partial charge in [-0.3, -0.25) is 4.90 Å². The fourth-order valence-corrected chi connectivity index (χ4v) is 4.17. The molecule has 0 spiro atoms. The van der Waals surface area contributed by atoms with Crippen LogP contribution in [0.4, 0.5) is 4.39 Å². The molecule has 30 heavy (non-hydrogen) atoms. The van der Waals surface area contributed by atoms with Crippen molar-refractivity contribution < 1.29 is 18.4 Å². The SMILES string of the molecule is O[C@@H]1C[C@@H](c2nc(Cc3ccc(F)cc3Cl)no2)N(Cc2cc3ccccc3o2)C1. The van der Waals surface area contributed by atoms with Crippen LogP contribution in [-0.4, -0.2) is 32.8 Å². The highest BCUT2D eigenvalue weighted by atomic mass is 35.5. The lowest BCUT2D eigenvalue weighted by molar-refractivity contribution is 0.164. The van der Waals surface area contributed by atoms with Gasteiger partial charge in [0.15, 0.2) is 5.82 Å². The van der Waals surface area contributed by atoms with E-state index in [1.165, 1.54) is 12.1 Å². The van der Waals surface area contributed by atoms with Gasteiger partial charge in [0.2, 0.25) is 5.89 Å². The number of furan rings is 1. The van der Waals surface area contributed by atoms with Crippen LogP contribution < -0.4 is 0 Å². The summed E-state index contributed by atoms with van der Waals surface area (Å²) in [7, 11) is 0. The molecule has 1 aliphatic heterocycles. The number of aromatic nitrogens is 2. The van der Waals surface area contributed by atoms with Gasteiger partial charge in [-0.05, 0) is 36.2 Å². The van der Waals surface area contributed by atoms with Crippen molar-refractivity contribution in [3.63, 3.8) is 0 Å². The molecule has 2 aromatic carbocycles. The van der Waals surface area contributed by atoms with E-state index >= 15 is 0 Å². The van der Waals surface area contributed by atoms with Gasteiger partial charge in [-0.2, -0.15) is 4.98 Å². The summed E-state index contributed by atoms with van der Waals surface area (Å²) in [5.74, 6) is 1.33. The maximum Gasteiger partial charge on any atom is 0.244 e. The number of para-hydroxylation sites is 1. The van der Waals surface area contributed by atoms with E-state index in [-0.39, 0.29) is 6.04 Å². The predicted octanol–water partition coefficient (Wildman–Crippen LogP) is 4.51. The Bertz CT molecular complexity index is 1160. The average Bonchev–Trinajstić information content (AvgIpc) is 3.42. The Kier molecular flexibility index (Phi) is 5.02. The largest absolute Gasteiger partial charge is 0.460 e. The molecule has 0 aliphatic carbocycles. The normalized spacial score (nSPS) is 19.7. The first-order valence-electron chi connectivity index (χ1n) is 9.71. The fraction of sp³-hybridized carbons (Fsp3) is 0.273. The third-order valence-electron chi connectivity index (χ3n) is 5.35. The molecule has 0 unspecified atom stereocenters. The molecule has 6 nitrogen and oxygen atoms in total. The number of hydrogen-bond acceptors (Lipinski definition) is 6. The van der Waals surface area contributed by atoms with Gasteiger partial charge < -0.3 is 14.0 Å². The molecule has 0 bridgehead atoms. The zero-order chi connectivity index (χ0) is 20.7. The van der Waals surface area contributed by atoms with Gasteiger partial charge in [-0.15, -0.1) is 0 Å². The maximum atomic E-state index is 13.3. The molecule has 4 aromatic rings. The zero-order valence-electron chi connectivity index (χ0n) is 16.0. The monoisotopic (exact) mass is 427 g/mol. The number of fused-ring (bicyclic) bond motifs is 1. The van der Waals surface area contributed by atoms with Crippen LogP contribution in [0.2, 0.25) is 5.02 Å². The minimum atomic E-state index is -0.485. The van der Waals surface area contributed by atoms with E-state index in [0.717, 1.165) is 22.3 Å². The number of β-amino-alcohol motifs (C(OH)–C–C–N with tert-alkyl or cyclic N) is 1. The first kappa shape index (κ1) is 19.2. The molecule has 2 atom stereocenters. The lowest BCUT2D eigenvalue weighted by Crippen LogP contribution is -2.24. The van der Waals surface area contributed by atoms with Crippen molar-refractivity contribution in [2.45, 2.75) is 31.5 Å². The third-order valence-corrected chi connectivity index (χ3v) is 5.70. The van der Waals surface area contributed by atoms with Gasteiger partial charge in [0, 0.05) is 23.4 Å². The van der Waals surface area contributed by atoms with Crippen molar-refractivity contribution >= 4 is 22.6 Å². The second-order valence-corrected chi connectivity index (χ2v) is 7.95. The Morgan fingerprint density at radius 3 is 2.90 bits per heavy atom. The minimum Gasteiger partial charge on any atom is -0.460 e. The molecule has 5 rings (SSSR count). The Hall–Kier alpha value is -2.74. The molecule has 154 valence electrons. The van der Waals surface area contributed by atoms with Crippen molar-refractivity contribution in [1.29, 1.82) is 0 Å². The maximum absolute atomic E-state index is 13.3. The van der Waals surface area contributed by atoms with Crippen molar-refractivity contribution in [2.24, 2.45) is 0 Å². The van der Waals surface area contributed by atoms with E-state index in [9.17, 15) is 9.50 Å². The second-order valence-electron chi connectivity index (χ2n) is 7.55. The summed E-state index contributed by atoms with van der Waals surface area (Å²) in [6, 6.07) is 13.9. The third kappa shape index (κ3) is 3.84. The summed E-state index contributed by atoms with van der Waals surface area (Å²) in [4.78, 5) is 6.58. The lowest BCUT2D eigenvalue weighted by atomic mass is 10.1. The van der Waals surface area contributed by atoms with Gasteiger partial charge in [0.05, 0.1) is 18.7 Å². The van der Waals surface area contributed by atoms with Crippen LogP contribution in [-0.2, 0) is 13.0 Å². The molecule has 0 radical (unpaired) electrons. The number of likely N-dealkylation sites (tertiary alicyclic amines) is 1. The number of aliphatic hydroxyl groups is 1. The number of hydrogen-bond donors (Lipinski definition) is 1. The van der Waals surface area contributed by atoms with Gasteiger partial charge in [-0.25, -0.2) is 4.39 Å². The second kappa shape index (κ2) is 7.83. The van der Waals surface area contributed by atoms with E-state index in [4.69, 9.17) is 20.5 Å². The van der Waals surface area contributed by atoms with Crippen molar-refractivity contribution in [1.82, 2.24) is 15.0 Å². The first-order valence-corrected chi connectivity index (χ1v) is 10.1. The molecule has 0 saturated carbocycles. The van der Waals surface area contributed by atoms with E-state index in [1.807, 2.05) is 30.3 Å². The van der Waals surface area contributed by atoms with E-state index in [1.54, 1.807) is 6.07 Å². The van der Waals surface area contributed by atoms with Crippen molar-refractivity contribution in [3.05, 3.63) is 82.4 Å². The van der Waals surface area contributed by atoms with E-state index in [2.05, 4.69) is 15.0 Å². The highest BCUT2D eigenvalue weighted by Crippen LogP contribution is 2.34. The highest BCUT2D eigenvalue weighted by Gasteiger charge is 2.36. The number of rotatable bonds is 5. The molecule has 1 fully saturated rings. The zero-order valence-corrected chi connectivity index (χ0v) is 16.7. The van der Waals surface area contributed by atoms with Gasteiger partial charge >= 0.3 is 0 Å². The number of benzene rings is 2. The molecule has 1 N–H and O–H groups in total. The minimum absolute atomic E-state index is 0.210. The van der Waals surface area contributed by atoms with Crippen LogP contribution in [0.5, 0.6) is 0 Å². The van der Waals surface area contributed by atoms with Gasteiger partial charge in [0.25, 0.3) is 0 Å². The lowest BCUT2D eigenvalue weighted by Gasteiger charge is -2.19. The quantitative estimate of drug-likeness (QED) is 0.505. The molecule has 0 amide bonds. The number of aliphatic hydroxyl groups excluding tert-OH is 1. The average molecular weight is 428 g/mol. The standard InChI is InChI=1S/C22H19ClFN3O3/c23-18-9-15(24)6-5-13(18)8-21-25-22(30-26-21)19-10-16(28)11-27(19)12-17-7-14-3-1-2-4-20(14)29-17/h1-7,9,16,19,28H,8,10-12H2/t16-,19+/m1/s1. The Balaban J connectivity index is 1.34. The van der Waals surface area contributed by atoms with Crippen LogP contribution in [0.1, 0.15) is 35.5 Å². The van der Waals surface area contributed by atoms with E-state index < -0.39 is 11.9 Å². The summed E-state index contributed by atoms with van der Waals surface area (Å²) < 4.78 is 24.7. The fourth-order valence-electron chi connectivity index (χ4n) is 3.94. The summed E-state index contributed by atoms with van der Waals surface area (Å²) in [6.07, 6.45) is 0.349. The summed E-state index contributed by atoms with van der Waals surface area (Å²) in [5.41, 5.74) is 1.55. The first-order chi connectivity index (χ1) is 14.5. The highest BCUT2D eigenvalue weighted by molar-refractivity contribution is 6.31. The molecule has 1 saturated heterocycles. The van der Waals surface area contributed by atoms with E-state index in [0.29, 0.717) is 42.7 Å². The van der Waals surface area contributed by atoms with Crippen LogP contribution >= 0.6 is 11.6 Å². The molecule has 8 heteroatoms.